The van der Waals surface area contributed by atoms with E-state index < -0.39 is 0 Å². The molecule has 2 heterocycles. The van der Waals surface area contributed by atoms with Crippen molar-refractivity contribution in [3.8, 4) is 6.07 Å². The van der Waals surface area contributed by atoms with E-state index in [9.17, 15) is 4.79 Å². The lowest BCUT2D eigenvalue weighted by Gasteiger charge is -2.42. The van der Waals surface area contributed by atoms with Crippen LogP contribution in [0.2, 0.25) is 0 Å². The first kappa shape index (κ1) is 16.7. The molecule has 2 unspecified atom stereocenters. The van der Waals surface area contributed by atoms with Crippen molar-refractivity contribution in [1.29, 1.82) is 5.26 Å². The molecule has 0 aromatic carbocycles. The summed E-state index contributed by atoms with van der Waals surface area (Å²) in [6.07, 6.45) is 5.69. The lowest BCUT2D eigenvalue weighted by Crippen LogP contribution is -2.57. The Kier molecular flexibility index (Phi) is 4.72. The third-order valence-electron chi connectivity index (χ3n) is 5.34. The van der Waals surface area contributed by atoms with E-state index in [0.717, 1.165) is 44.6 Å². The molecule has 2 N–H and O–H groups in total. The maximum atomic E-state index is 12.9. The highest BCUT2D eigenvalue weighted by atomic mass is 16.2. The molecule has 2 fully saturated rings. The monoisotopic (exact) mass is 327 g/mol. The number of carbonyl (C=O) groups excluding carboxylic acids is 1. The van der Waals surface area contributed by atoms with Crippen LogP contribution in [0.1, 0.15) is 38.2 Å². The average Bonchev–Trinajstić information content (AvgIpc) is 2.61. The molecule has 24 heavy (non-hydrogen) atoms. The van der Waals surface area contributed by atoms with E-state index in [2.05, 4.69) is 16.0 Å². The van der Waals surface area contributed by atoms with E-state index in [4.69, 9.17) is 11.0 Å². The van der Waals surface area contributed by atoms with Gasteiger partial charge >= 0.3 is 0 Å². The molecular formula is C18H25N5O. The zero-order chi connectivity index (χ0) is 17.2. The number of pyridine rings is 1. The van der Waals surface area contributed by atoms with Crippen molar-refractivity contribution in [2.75, 3.05) is 31.1 Å². The Hall–Kier alpha value is -2.13. The summed E-state index contributed by atoms with van der Waals surface area (Å²) >= 11 is 0. The van der Waals surface area contributed by atoms with E-state index in [0.29, 0.717) is 18.7 Å². The van der Waals surface area contributed by atoms with Gasteiger partial charge in [-0.05, 0) is 31.9 Å². The van der Waals surface area contributed by atoms with Gasteiger partial charge in [0, 0.05) is 37.9 Å². The fourth-order valence-electron chi connectivity index (χ4n) is 3.80. The molecule has 2 atom stereocenters. The second-order valence-electron chi connectivity index (χ2n) is 7.13. The van der Waals surface area contributed by atoms with E-state index in [1.54, 1.807) is 18.3 Å². The number of piperazine rings is 1. The molecule has 6 heteroatoms. The van der Waals surface area contributed by atoms with Crippen molar-refractivity contribution < 1.29 is 4.79 Å². The van der Waals surface area contributed by atoms with Gasteiger partial charge in [-0.2, -0.15) is 5.26 Å². The number of hydrogen-bond acceptors (Lipinski definition) is 5. The Balaban J connectivity index is 1.62. The van der Waals surface area contributed by atoms with Crippen LogP contribution in [0.4, 0.5) is 5.82 Å². The SMILES string of the molecule is CC1(N)CCCCC1C(=O)N1CCN(c2cc(C#N)ccn2)CC1. The minimum atomic E-state index is -0.380. The summed E-state index contributed by atoms with van der Waals surface area (Å²) < 4.78 is 0. The molecule has 0 spiro atoms. The van der Waals surface area contributed by atoms with Gasteiger partial charge in [-0.3, -0.25) is 4.79 Å². The number of aromatic nitrogens is 1. The topological polar surface area (TPSA) is 86.3 Å². The molecule has 1 saturated carbocycles. The predicted octanol–water partition coefficient (Wildman–Crippen LogP) is 1.51. The first-order chi connectivity index (χ1) is 11.5. The number of rotatable bonds is 2. The van der Waals surface area contributed by atoms with Crippen molar-refractivity contribution in [1.82, 2.24) is 9.88 Å². The Morgan fingerprint density at radius 2 is 2.12 bits per heavy atom. The van der Waals surface area contributed by atoms with E-state index in [1.165, 1.54) is 0 Å². The van der Waals surface area contributed by atoms with Crippen LogP contribution in [0.3, 0.4) is 0 Å². The van der Waals surface area contributed by atoms with Crippen molar-refractivity contribution in [3.05, 3.63) is 23.9 Å². The largest absolute Gasteiger partial charge is 0.353 e. The van der Waals surface area contributed by atoms with Crippen LogP contribution >= 0.6 is 0 Å². The standard InChI is InChI=1S/C18H25N5O/c1-18(20)6-3-2-4-15(18)17(24)23-10-8-22(9-11-23)16-12-14(13-19)5-7-21-16/h5,7,12,15H,2-4,6,8-11,20H2,1H3. The minimum Gasteiger partial charge on any atom is -0.353 e. The molecule has 0 radical (unpaired) electrons. The first-order valence-electron chi connectivity index (χ1n) is 8.70. The highest BCUT2D eigenvalue weighted by Gasteiger charge is 2.40. The number of hydrogen-bond donors (Lipinski definition) is 1. The quantitative estimate of drug-likeness (QED) is 0.890. The maximum absolute atomic E-state index is 12.9. The van der Waals surface area contributed by atoms with Crippen molar-refractivity contribution in [2.24, 2.45) is 11.7 Å². The lowest BCUT2D eigenvalue weighted by atomic mass is 9.74. The third kappa shape index (κ3) is 3.36. The van der Waals surface area contributed by atoms with Gasteiger partial charge in [0.25, 0.3) is 0 Å². The second kappa shape index (κ2) is 6.78. The predicted molar refractivity (Wildman–Crippen MR) is 92.3 cm³/mol. The molecule has 1 aromatic rings. The van der Waals surface area contributed by atoms with E-state index in [1.807, 2.05) is 11.8 Å². The van der Waals surface area contributed by atoms with Gasteiger partial charge in [0.05, 0.1) is 17.6 Å². The Morgan fingerprint density at radius 1 is 1.38 bits per heavy atom. The Bertz CT molecular complexity index is 643. The van der Waals surface area contributed by atoms with Gasteiger partial charge in [-0.1, -0.05) is 12.8 Å². The summed E-state index contributed by atoms with van der Waals surface area (Å²) in [5.41, 5.74) is 6.61. The normalized spacial score (nSPS) is 27.6. The summed E-state index contributed by atoms with van der Waals surface area (Å²) in [7, 11) is 0. The molecule has 1 aliphatic heterocycles. The molecule has 3 rings (SSSR count). The number of carbonyl (C=O) groups is 1. The Labute approximate surface area is 143 Å². The summed E-state index contributed by atoms with van der Waals surface area (Å²) in [5.74, 6) is 0.957. The smallest absolute Gasteiger partial charge is 0.227 e. The van der Waals surface area contributed by atoms with Crippen LogP contribution in [0.25, 0.3) is 0 Å². The molecule has 6 nitrogen and oxygen atoms in total. The number of amides is 1. The molecule has 2 aliphatic rings. The van der Waals surface area contributed by atoms with Crippen LogP contribution in [-0.2, 0) is 4.79 Å². The molecule has 1 amide bonds. The molecular weight excluding hydrogens is 302 g/mol. The van der Waals surface area contributed by atoms with Gasteiger partial charge in [-0.15, -0.1) is 0 Å². The van der Waals surface area contributed by atoms with E-state index in [-0.39, 0.29) is 17.4 Å². The van der Waals surface area contributed by atoms with E-state index >= 15 is 0 Å². The summed E-state index contributed by atoms with van der Waals surface area (Å²) in [5, 5.41) is 9.01. The van der Waals surface area contributed by atoms with Crippen LogP contribution in [-0.4, -0.2) is 47.5 Å². The van der Waals surface area contributed by atoms with Gasteiger partial charge in [0.2, 0.25) is 5.91 Å². The third-order valence-corrected chi connectivity index (χ3v) is 5.34. The second-order valence-corrected chi connectivity index (χ2v) is 7.13. The minimum absolute atomic E-state index is 0.0576. The van der Waals surface area contributed by atoms with Crippen molar-refractivity contribution in [3.63, 3.8) is 0 Å². The molecule has 1 aromatic heterocycles. The highest BCUT2D eigenvalue weighted by Crippen LogP contribution is 2.33. The molecule has 0 bridgehead atoms. The average molecular weight is 327 g/mol. The van der Waals surface area contributed by atoms with Gasteiger partial charge in [-0.25, -0.2) is 4.98 Å². The van der Waals surface area contributed by atoms with Crippen LogP contribution < -0.4 is 10.6 Å². The number of nitrogens with two attached hydrogens (primary N) is 1. The lowest BCUT2D eigenvalue weighted by molar-refractivity contribution is -0.139. The maximum Gasteiger partial charge on any atom is 0.227 e. The van der Waals surface area contributed by atoms with Crippen LogP contribution in [0, 0.1) is 17.2 Å². The molecule has 1 saturated heterocycles. The molecule has 1 aliphatic carbocycles. The molecule has 128 valence electrons. The van der Waals surface area contributed by atoms with Crippen LogP contribution in [0.5, 0.6) is 0 Å². The van der Waals surface area contributed by atoms with Crippen molar-refractivity contribution in [2.45, 2.75) is 38.1 Å². The highest BCUT2D eigenvalue weighted by molar-refractivity contribution is 5.80. The van der Waals surface area contributed by atoms with Gasteiger partial charge in [0.1, 0.15) is 5.82 Å². The number of nitriles is 1. The summed E-state index contributed by atoms with van der Waals surface area (Å²) in [6.45, 7) is 4.86. The first-order valence-corrected chi connectivity index (χ1v) is 8.70. The fourth-order valence-corrected chi connectivity index (χ4v) is 3.80. The number of nitrogens with zero attached hydrogens (tertiary/aromatic N) is 4. The summed E-state index contributed by atoms with van der Waals surface area (Å²) in [6, 6.07) is 5.64. The fraction of sp³-hybridized carbons (Fsp3) is 0.611. The van der Waals surface area contributed by atoms with Gasteiger partial charge < -0.3 is 15.5 Å². The van der Waals surface area contributed by atoms with Gasteiger partial charge in [0.15, 0.2) is 0 Å². The summed E-state index contributed by atoms with van der Waals surface area (Å²) in [4.78, 5) is 21.3. The van der Waals surface area contributed by atoms with Crippen LogP contribution in [0.15, 0.2) is 18.3 Å². The zero-order valence-corrected chi connectivity index (χ0v) is 14.2. The number of anilines is 1. The zero-order valence-electron chi connectivity index (χ0n) is 14.2. The van der Waals surface area contributed by atoms with Crippen molar-refractivity contribution >= 4 is 11.7 Å². The Morgan fingerprint density at radius 3 is 2.79 bits per heavy atom.